The maximum absolute atomic E-state index is 12.9. The number of amides is 2. The first kappa shape index (κ1) is 21.0. The highest BCUT2D eigenvalue weighted by molar-refractivity contribution is 5.91. The van der Waals surface area contributed by atoms with Gasteiger partial charge < -0.3 is 14.8 Å². The van der Waals surface area contributed by atoms with Crippen LogP contribution in [0.1, 0.15) is 60.9 Å². The number of para-hydroxylation sites is 2. The van der Waals surface area contributed by atoms with Crippen LogP contribution in [0.4, 0.5) is 0 Å². The highest BCUT2D eigenvalue weighted by Gasteiger charge is 2.32. The molecule has 0 saturated carbocycles. The van der Waals surface area contributed by atoms with Crippen LogP contribution in [-0.2, 0) is 11.8 Å². The molecule has 31 heavy (non-hydrogen) atoms. The van der Waals surface area contributed by atoms with E-state index in [9.17, 15) is 9.59 Å². The zero-order valence-electron chi connectivity index (χ0n) is 17.8. The van der Waals surface area contributed by atoms with E-state index in [0.29, 0.717) is 18.7 Å². The maximum Gasteiger partial charge on any atom is 0.271 e. The molecule has 0 spiro atoms. The van der Waals surface area contributed by atoms with E-state index in [1.165, 1.54) is 18.6 Å². The van der Waals surface area contributed by atoms with E-state index in [0.717, 1.165) is 55.5 Å². The van der Waals surface area contributed by atoms with Crippen LogP contribution in [0.15, 0.2) is 42.9 Å². The molecule has 1 fully saturated rings. The number of nitrogens with zero attached hydrogens (tertiary/aromatic N) is 5. The van der Waals surface area contributed by atoms with Crippen LogP contribution in [0.25, 0.3) is 11.0 Å². The molecule has 0 bridgehead atoms. The lowest BCUT2D eigenvalue weighted by atomic mass is 10.1. The summed E-state index contributed by atoms with van der Waals surface area (Å²) >= 11 is 0. The van der Waals surface area contributed by atoms with Gasteiger partial charge in [0.15, 0.2) is 0 Å². The maximum atomic E-state index is 12.9. The number of unbranched alkanes of at least 4 members (excludes halogenated alkanes) is 2. The monoisotopic (exact) mass is 420 g/mol. The van der Waals surface area contributed by atoms with Crippen LogP contribution < -0.4 is 5.32 Å². The van der Waals surface area contributed by atoms with Gasteiger partial charge in [0.1, 0.15) is 11.5 Å². The topological polar surface area (TPSA) is 93.0 Å². The molecule has 8 nitrogen and oxygen atoms in total. The standard InChI is InChI=1S/C23H28N6O2/c1-28-19-9-5-4-8-17(19)27-22(28)20-10-7-15-29(20)21(30)11-3-2-6-12-26-23(31)18-16-24-13-14-25-18/h4-5,8-9,13-14,16,20H,2-3,6-7,10-12,15H2,1H3,(H,26,31). The summed E-state index contributed by atoms with van der Waals surface area (Å²) in [5.74, 6) is 0.948. The van der Waals surface area contributed by atoms with Crippen molar-refractivity contribution in [1.82, 2.24) is 29.7 Å². The second-order valence-corrected chi connectivity index (χ2v) is 7.92. The molecule has 1 unspecified atom stereocenters. The van der Waals surface area contributed by atoms with E-state index in [4.69, 9.17) is 4.98 Å². The Bertz CT molecular complexity index is 1050. The van der Waals surface area contributed by atoms with Crippen molar-refractivity contribution in [3.05, 3.63) is 54.4 Å². The lowest BCUT2D eigenvalue weighted by Crippen LogP contribution is -2.31. The summed E-state index contributed by atoms with van der Waals surface area (Å²) in [6.45, 7) is 1.36. The number of carbonyl (C=O) groups excluding carboxylic acids is 2. The van der Waals surface area contributed by atoms with E-state index >= 15 is 0 Å². The molecule has 3 heterocycles. The summed E-state index contributed by atoms with van der Waals surface area (Å²) in [4.78, 5) is 39.5. The Morgan fingerprint density at radius 2 is 2.03 bits per heavy atom. The molecule has 1 saturated heterocycles. The predicted octanol–water partition coefficient (Wildman–Crippen LogP) is 3.02. The number of imidazole rings is 1. The van der Waals surface area contributed by atoms with Crippen molar-refractivity contribution in [1.29, 1.82) is 0 Å². The summed E-state index contributed by atoms with van der Waals surface area (Å²) in [6.07, 6.45) is 9.50. The third-order valence-electron chi connectivity index (χ3n) is 5.84. The number of hydrogen-bond donors (Lipinski definition) is 1. The Morgan fingerprint density at radius 3 is 2.84 bits per heavy atom. The van der Waals surface area contributed by atoms with Crippen molar-refractivity contribution in [3.8, 4) is 0 Å². The number of nitrogens with one attached hydrogen (secondary N) is 1. The molecule has 0 aliphatic carbocycles. The van der Waals surface area contributed by atoms with Crippen molar-refractivity contribution in [2.45, 2.75) is 44.6 Å². The summed E-state index contributed by atoms with van der Waals surface area (Å²) < 4.78 is 2.12. The quantitative estimate of drug-likeness (QED) is 0.566. The normalized spacial score (nSPS) is 16.0. The predicted molar refractivity (Wildman–Crippen MR) is 117 cm³/mol. The molecule has 1 N–H and O–H groups in total. The van der Waals surface area contributed by atoms with Crippen LogP contribution in [0.3, 0.4) is 0 Å². The summed E-state index contributed by atoms with van der Waals surface area (Å²) in [5.41, 5.74) is 2.39. The Morgan fingerprint density at radius 1 is 1.16 bits per heavy atom. The Balaban J connectivity index is 1.24. The Hall–Kier alpha value is -3.29. The minimum absolute atomic E-state index is 0.0520. The smallest absolute Gasteiger partial charge is 0.271 e. The van der Waals surface area contributed by atoms with Gasteiger partial charge in [-0.1, -0.05) is 18.6 Å². The van der Waals surface area contributed by atoms with Gasteiger partial charge in [-0.3, -0.25) is 14.6 Å². The van der Waals surface area contributed by atoms with Crippen LogP contribution >= 0.6 is 0 Å². The molecular formula is C23H28N6O2. The highest BCUT2D eigenvalue weighted by Crippen LogP contribution is 2.33. The fourth-order valence-corrected chi connectivity index (χ4v) is 4.23. The molecule has 2 amide bonds. The van der Waals surface area contributed by atoms with Gasteiger partial charge in [0.2, 0.25) is 5.91 Å². The second-order valence-electron chi connectivity index (χ2n) is 7.92. The first-order chi connectivity index (χ1) is 15.1. The molecule has 1 aromatic carbocycles. The van der Waals surface area contributed by atoms with Gasteiger partial charge in [0.25, 0.3) is 5.91 Å². The first-order valence-electron chi connectivity index (χ1n) is 10.9. The van der Waals surface area contributed by atoms with Gasteiger partial charge in [0.05, 0.1) is 23.3 Å². The van der Waals surface area contributed by atoms with Gasteiger partial charge in [0, 0.05) is 39.0 Å². The van der Waals surface area contributed by atoms with Crippen molar-refractivity contribution in [2.75, 3.05) is 13.1 Å². The van der Waals surface area contributed by atoms with Crippen LogP contribution in [0.5, 0.6) is 0 Å². The molecule has 4 rings (SSSR count). The average molecular weight is 421 g/mol. The third-order valence-corrected chi connectivity index (χ3v) is 5.84. The number of hydrogen-bond acceptors (Lipinski definition) is 5. The molecule has 1 aliphatic rings. The lowest BCUT2D eigenvalue weighted by Gasteiger charge is -2.24. The van der Waals surface area contributed by atoms with Crippen LogP contribution in [0, 0.1) is 0 Å². The van der Waals surface area contributed by atoms with Crippen molar-refractivity contribution in [3.63, 3.8) is 0 Å². The Labute approximate surface area is 181 Å². The van der Waals surface area contributed by atoms with Crippen molar-refractivity contribution < 1.29 is 9.59 Å². The molecule has 162 valence electrons. The van der Waals surface area contributed by atoms with Gasteiger partial charge in [-0.15, -0.1) is 0 Å². The summed E-state index contributed by atoms with van der Waals surface area (Å²) in [5, 5.41) is 2.84. The highest BCUT2D eigenvalue weighted by atomic mass is 16.2. The van der Waals surface area contributed by atoms with E-state index in [2.05, 4.69) is 25.9 Å². The number of carbonyl (C=O) groups is 2. The molecule has 0 radical (unpaired) electrons. The number of rotatable bonds is 8. The van der Waals surface area contributed by atoms with Gasteiger partial charge in [-0.25, -0.2) is 9.97 Å². The zero-order chi connectivity index (χ0) is 21.6. The number of aryl methyl sites for hydroxylation is 1. The van der Waals surface area contributed by atoms with Crippen LogP contribution in [0.2, 0.25) is 0 Å². The minimum Gasteiger partial charge on any atom is -0.351 e. The molecule has 1 atom stereocenters. The number of benzene rings is 1. The molecule has 3 aromatic rings. The minimum atomic E-state index is -0.216. The first-order valence-corrected chi connectivity index (χ1v) is 10.9. The second kappa shape index (κ2) is 9.68. The molecule has 2 aromatic heterocycles. The number of likely N-dealkylation sites (tertiary alicyclic amines) is 1. The zero-order valence-corrected chi connectivity index (χ0v) is 17.8. The average Bonchev–Trinajstić information content (AvgIpc) is 3.41. The van der Waals surface area contributed by atoms with Crippen molar-refractivity contribution in [2.24, 2.45) is 7.05 Å². The van der Waals surface area contributed by atoms with E-state index < -0.39 is 0 Å². The lowest BCUT2D eigenvalue weighted by molar-refractivity contribution is -0.132. The van der Waals surface area contributed by atoms with E-state index in [-0.39, 0.29) is 17.9 Å². The van der Waals surface area contributed by atoms with Crippen LogP contribution in [-0.4, -0.2) is 49.3 Å². The van der Waals surface area contributed by atoms with Crippen molar-refractivity contribution >= 4 is 22.8 Å². The SMILES string of the molecule is Cn1c(C2CCCN2C(=O)CCCCCNC(=O)c2cnccn2)nc2ccccc21. The largest absolute Gasteiger partial charge is 0.351 e. The summed E-state index contributed by atoms with van der Waals surface area (Å²) in [6, 6.07) is 8.14. The molecular weight excluding hydrogens is 392 g/mol. The van der Waals surface area contributed by atoms with E-state index in [1.807, 2.05) is 30.1 Å². The van der Waals surface area contributed by atoms with E-state index in [1.54, 1.807) is 0 Å². The summed E-state index contributed by atoms with van der Waals surface area (Å²) in [7, 11) is 2.03. The third kappa shape index (κ3) is 4.73. The van der Waals surface area contributed by atoms with Gasteiger partial charge in [-0.05, 0) is 37.8 Å². The number of fused-ring (bicyclic) bond motifs is 1. The number of aromatic nitrogens is 4. The Kier molecular flexibility index (Phi) is 6.54. The fourth-order valence-electron chi connectivity index (χ4n) is 4.23. The molecule has 8 heteroatoms. The van der Waals surface area contributed by atoms with Gasteiger partial charge >= 0.3 is 0 Å². The molecule has 1 aliphatic heterocycles. The fraction of sp³-hybridized carbons (Fsp3) is 0.435. The van der Waals surface area contributed by atoms with Gasteiger partial charge in [-0.2, -0.15) is 0 Å².